The van der Waals surface area contributed by atoms with Crippen molar-refractivity contribution < 1.29 is 19.1 Å². The van der Waals surface area contributed by atoms with Crippen molar-refractivity contribution in [2.75, 3.05) is 26.4 Å². The minimum absolute atomic E-state index is 0.168. The van der Waals surface area contributed by atoms with Crippen molar-refractivity contribution in [1.82, 2.24) is 5.32 Å². The molecule has 1 aliphatic heterocycles. The zero-order valence-electron chi connectivity index (χ0n) is 13.4. The van der Waals surface area contributed by atoms with E-state index in [1.165, 1.54) is 0 Å². The Morgan fingerprint density at radius 1 is 1.30 bits per heavy atom. The predicted octanol–water partition coefficient (Wildman–Crippen LogP) is 0.957. The fourth-order valence-electron chi connectivity index (χ4n) is 2.60. The number of nitrogens with two attached hydrogens (primary N) is 1. The van der Waals surface area contributed by atoms with Gasteiger partial charge in [-0.15, -0.1) is 0 Å². The first-order valence-electron chi connectivity index (χ1n) is 7.93. The highest BCUT2D eigenvalue weighted by atomic mass is 16.5. The van der Waals surface area contributed by atoms with Crippen molar-refractivity contribution in [2.45, 2.75) is 31.2 Å². The second-order valence-corrected chi connectivity index (χ2v) is 5.69. The molecule has 0 aliphatic carbocycles. The third-order valence-electron chi connectivity index (χ3n) is 4.08. The molecule has 126 valence electrons. The molecule has 0 saturated carbocycles. The molecule has 6 heteroatoms. The molecule has 1 amide bonds. The Morgan fingerprint density at radius 3 is 2.57 bits per heavy atom. The summed E-state index contributed by atoms with van der Waals surface area (Å²) in [6.07, 6.45) is 0.961. The second kappa shape index (κ2) is 8.08. The molecule has 0 spiro atoms. The first kappa shape index (κ1) is 17.4. The molecule has 1 aromatic rings. The summed E-state index contributed by atoms with van der Waals surface area (Å²) in [5.74, 6) is -1.13. The molecule has 0 radical (unpaired) electrons. The van der Waals surface area contributed by atoms with Crippen molar-refractivity contribution in [3.8, 4) is 0 Å². The van der Waals surface area contributed by atoms with E-state index in [1.807, 2.05) is 30.3 Å². The van der Waals surface area contributed by atoms with E-state index in [-0.39, 0.29) is 18.4 Å². The molecule has 1 heterocycles. The quantitative estimate of drug-likeness (QED) is 0.762. The molecule has 1 unspecified atom stereocenters. The molecule has 23 heavy (non-hydrogen) atoms. The third-order valence-corrected chi connectivity index (χ3v) is 4.08. The van der Waals surface area contributed by atoms with Crippen LogP contribution < -0.4 is 11.1 Å². The Kier molecular flexibility index (Phi) is 6.12. The summed E-state index contributed by atoms with van der Waals surface area (Å²) < 4.78 is 10.4. The number of nitrogens with one attached hydrogen (secondary N) is 1. The van der Waals surface area contributed by atoms with Crippen LogP contribution in [0.25, 0.3) is 0 Å². The SMILES string of the molecule is CCOC(=O)C(CNC(=O)C1(N)CCOCC1)c1ccccc1. The highest BCUT2D eigenvalue weighted by Gasteiger charge is 2.36. The maximum atomic E-state index is 12.4. The molecule has 1 aromatic carbocycles. The number of hydrogen-bond acceptors (Lipinski definition) is 5. The van der Waals surface area contributed by atoms with Crippen LogP contribution in [-0.4, -0.2) is 43.8 Å². The maximum absolute atomic E-state index is 12.4. The fourth-order valence-corrected chi connectivity index (χ4v) is 2.60. The topological polar surface area (TPSA) is 90.7 Å². The minimum Gasteiger partial charge on any atom is -0.465 e. The highest BCUT2D eigenvalue weighted by Crippen LogP contribution is 2.20. The van der Waals surface area contributed by atoms with Crippen LogP contribution in [0, 0.1) is 0 Å². The van der Waals surface area contributed by atoms with E-state index < -0.39 is 11.5 Å². The first-order chi connectivity index (χ1) is 11.1. The van der Waals surface area contributed by atoms with Gasteiger partial charge in [-0.3, -0.25) is 9.59 Å². The molecule has 6 nitrogen and oxygen atoms in total. The van der Waals surface area contributed by atoms with Crippen LogP contribution in [0.1, 0.15) is 31.2 Å². The summed E-state index contributed by atoms with van der Waals surface area (Å²) in [6.45, 7) is 3.18. The van der Waals surface area contributed by atoms with Crippen LogP contribution in [-0.2, 0) is 19.1 Å². The number of amides is 1. The number of carbonyl (C=O) groups excluding carboxylic acids is 2. The zero-order valence-corrected chi connectivity index (χ0v) is 13.4. The Labute approximate surface area is 136 Å². The largest absolute Gasteiger partial charge is 0.465 e. The number of rotatable bonds is 6. The predicted molar refractivity (Wildman–Crippen MR) is 85.8 cm³/mol. The van der Waals surface area contributed by atoms with E-state index in [2.05, 4.69) is 5.32 Å². The van der Waals surface area contributed by atoms with Gasteiger partial charge in [0.15, 0.2) is 0 Å². The lowest BCUT2D eigenvalue weighted by Gasteiger charge is -2.32. The molecule has 1 atom stereocenters. The Hall–Kier alpha value is -1.92. The Balaban J connectivity index is 2.03. The van der Waals surface area contributed by atoms with E-state index in [4.69, 9.17) is 15.2 Å². The number of esters is 1. The van der Waals surface area contributed by atoms with Crippen LogP contribution >= 0.6 is 0 Å². The second-order valence-electron chi connectivity index (χ2n) is 5.69. The monoisotopic (exact) mass is 320 g/mol. The van der Waals surface area contributed by atoms with Crippen LogP contribution in [0.2, 0.25) is 0 Å². The summed E-state index contributed by atoms with van der Waals surface area (Å²) in [4.78, 5) is 24.6. The lowest BCUT2D eigenvalue weighted by molar-refractivity contribution is -0.145. The van der Waals surface area contributed by atoms with Crippen LogP contribution in [0.4, 0.5) is 0 Å². The fraction of sp³-hybridized carbons (Fsp3) is 0.529. The summed E-state index contributed by atoms with van der Waals surface area (Å²) in [5.41, 5.74) is 6.04. The average molecular weight is 320 g/mol. The van der Waals surface area contributed by atoms with Gasteiger partial charge in [-0.05, 0) is 25.3 Å². The van der Waals surface area contributed by atoms with Gasteiger partial charge in [-0.25, -0.2) is 0 Å². The van der Waals surface area contributed by atoms with E-state index in [0.29, 0.717) is 32.7 Å². The van der Waals surface area contributed by atoms with Gasteiger partial charge in [0.25, 0.3) is 0 Å². The molecule has 1 aliphatic rings. The standard InChI is InChI=1S/C17H24N2O4/c1-2-23-15(20)14(13-6-4-3-5-7-13)12-19-16(21)17(18)8-10-22-11-9-17/h3-7,14H,2,8-12,18H2,1H3,(H,19,21). The molecule has 1 fully saturated rings. The molecule has 3 N–H and O–H groups in total. The van der Waals surface area contributed by atoms with Gasteiger partial charge < -0.3 is 20.5 Å². The van der Waals surface area contributed by atoms with E-state index in [9.17, 15) is 9.59 Å². The molecular weight excluding hydrogens is 296 g/mol. The summed E-state index contributed by atoms with van der Waals surface area (Å²) in [6, 6.07) is 9.28. The van der Waals surface area contributed by atoms with Crippen molar-refractivity contribution in [3.63, 3.8) is 0 Å². The number of carbonyl (C=O) groups is 2. The van der Waals surface area contributed by atoms with Gasteiger partial charge in [0.1, 0.15) is 0 Å². The maximum Gasteiger partial charge on any atom is 0.315 e. The Bertz CT molecular complexity index is 527. The smallest absolute Gasteiger partial charge is 0.315 e. The molecule has 0 bridgehead atoms. The van der Waals surface area contributed by atoms with Crippen LogP contribution in [0.5, 0.6) is 0 Å². The summed E-state index contributed by atoms with van der Waals surface area (Å²) in [7, 11) is 0. The average Bonchev–Trinajstić information content (AvgIpc) is 2.57. The first-order valence-corrected chi connectivity index (χ1v) is 7.93. The molecule has 1 saturated heterocycles. The molecule has 2 rings (SSSR count). The van der Waals surface area contributed by atoms with Crippen molar-refractivity contribution in [3.05, 3.63) is 35.9 Å². The Morgan fingerprint density at radius 2 is 1.96 bits per heavy atom. The number of ether oxygens (including phenoxy) is 2. The molecule has 0 aromatic heterocycles. The molecular formula is C17H24N2O4. The van der Waals surface area contributed by atoms with E-state index in [0.717, 1.165) is 5.56 Å². The number of hydrogen-bond donors (Lipinski definition) is 2. The van der Waals surface area contributed by atoms with Gasteiger partial charge in [-0.1, -0.05) is 30.3 Å². The van der Waals surface area contributed by atoms with E-state index in [1.54, 1.807) is 6.92 Å². The summed E-state index contributed by atoms with van der Waals surface area (Å²) in [5, 5.41) is 2.81. The van der Waals surface area contributed by atoms with Crippen molar-refractivity contribution >= 4 is 11.9 Å². The van der Waals surface area contributed by atoms with E-state index >= 15 is 0 Å². The van der Waals surface area contributed by atoms with Gasteiger partial charge >= 0.3 is 5.97 Å². The lowest BCUT2D eigenvalue weighted by atomic mass is 9.90. The minimum atomic E-state index is -0.922. The highest BCUT2D eigenvalue weighted by molar-refractivity contribution is 5.87. The zero-order chi connectivity index (χ0) is 16.7. The summed E-state index contributed by atoms with van der Waals surface area (Å²) >= 11 is 0. The van der Waals surface area contributed by atoms with Gasteiger partial charge in [0, 0.05) is 19.8 Å². The normalized spacial score (nSPS) is 18.0. The van der Waals surface area contributed by atoms with Crippen LogP contribution in [0.3, 0.4) is 0 Å². The number of benzene rings is 1. The van der Waals surface area contributed by atoms with Gasteiger partial charge in [0.2, 0.25) is 5.91 Å². The lowest BCUT2D eigenvalue weighted by Crippen LogP contribution is -2.57. The van der Waals surface area contributed by atoms with Crippen molar-refractivity contribution in [2.24, 2.45) is 5.73 Å². The van der Waals surface area contributed by atoms with Crippen LogP contribution in [0.15, 0.2) is 30.3 Å². The third kappa shape index (κ3) is 4.53. The van der Waals surface area contributed by atoms with Gasteiger partial charge in [0.05, 0.1) is 18.1 Å². The van der Waals surface area contributed by atoms with Crippen molar-refractivity contribution in [1.29, 1.82) is 0 Å². The van der Waals surface area contributed by atoms with Gasteiger partial charge in [-0.2, -0.15) is 0 Å².